The SMILES string of the molecule is CCCOCCNCCCP(=O)(O)O. The Morgan fingerprint density at radius 1 is 1.29 bits per heavy atom. The standard InChI is InChI=1S/C8H20NO4P/c1-2-6-13-7-5-9-4-3-8-14(10,11)12/h9H,2-8H2,1H3,(H2,10,11,12). The second-order valence-corrected chi connectivity index (χ2v) is 4.88. The summed E-state index contributed by atoms with van der Waals surface area (Å²) in [6.45, 7) is 4.84. The number of ether oxygens (including phenoxy) is 1. The molecule has 5 nitrogen and oxygen atoms in total. The van der Waals surface area contributed by atoms with E-state index in [2.05, 4.69) is 5.32 Å². The molecule has 3 N–H and O–H groups in total. The third kappa shape index (κ3) is 12.1. The topological polar surface area (TPSA) is 78.8 Å². The van der Waals surface area contributed by atoms with Crippen molar-refractivity contribution in [2.24, 2.45) is 0 Å². The molecule has 0 aromatic rings. The molecule has 0 spiro atoms. The van der Waals surface area contributed by atoms with Gasteiger partial charge in [0, 0.05) is 13.2 Å². The minimum atomic E-state index is -3.80. The van der Waals surface area contributed by atoms with Crippen molar-refractivity contribution >= 4 is 7.60 Å². The lowest BCUT2D eigenvalue weighted by Gasteiger charge is -2.06. The highest BCUT2D eigenvalue weighted by atomic mass is 31.2. The quantitative estimate of drug-likeness (QED) is 0.395. The number of nitrogens with one attached hydrogen (secondary N) is 1. The van der Waals surface area contributed by atoms with E-state index in [0.29, 0.717) is 19.6 Å². The van der Waals surface area contributed by atoms with Crippen molar-refractivity contribution in [2.45, 2.75) is 19.8 Å². The molecule has 0 aliphatic rings. The van der Waals surface area contributed by atoms with E-state index < -0.39 is 7.60 Å². The molecular weight excluding hydrogens is 205 g/mol. The lowest BCUT2D eigenvalue weighted by atomic mass is 10.5. The Kier molecular flexibility index (Phi) is 8.43. The maximum atomic E-state index is 10.4. The van der Waals surface area contributed by atoms with Crippen molar-refractivity contribution < 1.29 is 19.1 Å². The van der Waals surface area contributed by atoms with E-state index in [4.69, 9.17) is 14.5 Å². The Morgan fingerprint density at radius 2 is 2.00 bits per heavy atom. The average molecular weight is 225 g/mol. The molecule has 0 fully saturated rings. The molecule has 0 saturated carbocycles. The highest BCUT2D eigenvalue weighted by Gasteiger charge is 2.10. The third-order valence-corrected chi connectivity index (χ3v) is 2.47. The lowest BCUT2D eigenvalue weighted by Crippen LogP contribution is -2.21. The van der Waals surface area contributed by atoms with E-state index in [9.17, 15) is 4.57 Å². The van der Waals surface area contributed by atoms with Gasteiger partial charge in [-0.15, -0.1) is 0 Å². The van der Waals surface area contributed by atoms with Crippen LogP contribution in [0.3, 0.4) is 0 Å². The summed E-state index contributed by atoms with van der Waals surface area (Å²) in [7, 11) is -3.80. The van der Waals surface area contributed by atoms with E-state index >= 15 is 0 Å². The molecule has 0 bridgehead atoms. The zero-order valence-electron chi connectivity index (χ0n) is 8.61. The predicted molar refractivity (Wildman–Crippen MR) is 55.5 cm³/mol. The van der Waals surface area contributed by atoms with Gasteiger partial charge in [-0.05, 0) is 19.4 Å². The second-order valence-electron chi connectivity index (χ2n) is 3.10. The van der Waals surface area contributed by atoms with Crippen molar-refractivity contribution in [1.82, 2.24) is 5.32 Å². The van der Waals surface area contributed by atoms with E-state index in [1.54, 1.807) is 0 Å². The van der Waals surface area contributed by atoms with Gasteiger partial charge in [0.05, 0.1) is 12.8 Å². The highest BCUT2D eigenvalue weighted by molar-refractivity contribution is 7.51. The van der Waals surface area contributed by atoms with Crippen LogP contribution in [-0.4, -0.2) is 42.3 Å². The summed E-state index contributed by atoms with van der Waals surface area (Å²) in [6, 6.07) is 0. The fourth-order valence-electron chi connectivity index (χ4n) is 0.926. The molecule has 0 amide bonds. The van der Waals surface area contributed by atoms with Crippen LogP contribution in [0.25, 0.3) is 0 Å². The first-order chi connectivity index (χ1) is 6.56. The molecule has 0 aliphatic carbocycles. The molecule has 14 heavy (non-hydrogen) atoms. The molecule has 0 aromatic carbocycles. The molecule has 86 valence electrons. The average Bonchev–Trinajstić information content (AvgIpc) is 2.08. The molecule has 0 unspecified atom stereocenters. The first-order valence-corrected chi connectivity index (χ1v) is 6.69. The predicted octanol–water partition coefficient (Wildman–Crippen LogP) is 0.570. The molecule has 0 rings (SSSR count). The third-order valence-electron chi connectivity index (χ3n) is 1.57. The largest absolute Gasteiger partial charge is 0.380 e. The van der Waals surface area contributed by atoms with E-state index in [0.717, 1.165) is 19.6 Å². The van der Waals surface area contributed by atoms with Crippen LogP contribution in [0.15, 0.2) is 0 Å². The maximum absolute atomic E-state index is 10.4. The van der Waals surface area contributed by atoms with Crippen LogP contribution in [0.2, 0.25) is 0 Å². The molecular formula is C8H20NO4P. The number of rotatable bonds is 9. The number of hydrogen-bond donors (Lipinski definition) is 3. The van der Waals surface area contributed by atoms with Crippen molar-refractivity contribution in [3.63, 3.8) is 0 Å². The lowest BCUT2D eigenvalue weighted by molar-refractivity contribution is 0.136. The maximum Gasteiger partial charge on any atom is 0.325 e. The van der Waals surface area contributed by atoms with Gasteiger partial charge in [0.15, 0.2) is 0 Å². The van der Waals surface area contributed by atoms with Gasteiger partial charge in [-0.1, -0.05) is 6.92 Å². The zero-order valence-corrected chi connectivity index (χ0v) is 9.50. The van der Waals surface area contributed by atoms with Gasteiger partial charge >= 0.3 is 7.60 Å². The van der Waals surface area contributed by atoms with Crippen molar-refractivity contribution in [2.75, 3.05) is 32.5 Å². The van der Waals surface area contributed by atoms with Crippen LogP contribution >= 0.6 is 7.60 Å². The molecule has 6 heteroatoms. The van der Waals surface area contributed by atoms with Crippen LogP contribution in [0.1, 0.15) is 19.8 Å². The Bertz CT molecular complexity index is 171. The summed E-state index contributed by atoms with van der Waals surface area (Å²) in [5, 5.41) is 3.05. The van der Waals surface area contributed by atoms with Crippen LogP contribution < -0.4 is 5.32 Å². The fraction of sp³-hybridized carbons (Fsp3) is 1.00. The summed E-state index contributed by atoms with van der Waals surface area (Å²) in [5.41, 5.74) is 0. The highest BCUT2D eigenvalue weighted by Crippen LogP contribution is 2.34. The summed E-state index contributed by atoms with van der Waals surface area (Å²) >= 11 is 0. The van der Waals surface area contributed by atoms with Crippen LogP contribution in [-0.2, 0) is 9.30 Å². The van der Waals surface area contributed by atoms with Gasteiger partial charge in [0.1, 0.15) is 0 Å². The van der Waals surface area contributed by atoms with Crippen molar-refractivity contribution in [3.05, 3.63) is 0 Å². The molecule has 0 atom stereocenters. The van der Waals surface area contributed by atoms with E-state index in [1.165, 1.54) is 0 Å². The van der Waals surface area contributed by atoms with Crippen molar-refractivity contribution in [3.8, 4) is 0 Å². The van der Waals surface area contributed by atoms with Crippen LogP contribution in [0.4, 0.5) is 0 Å². The molecule has 0 saturated heterocycles. The Morgan fingerprint density at radius 3 is 2.57 bits per heavy atom. The molecule has 0 heterocycles. The normalized spacial score (nSPS) is 11.9. The summed E-state index contributed by atoms with van der Waals surface area (Å²) in [4.78, 5) is 17.1. The van der Waals surface area contributed by atoms with Crippen LogP contribution in [0, 0.1) is 0 Å². The Hall–Kier alpha value is 0.0700. The smallest absolute Gasteiger partial charge is 0.325 e. The first-order valence-electron chi connectivity index (χ1n) is 4.89. The summed E-state index contributed by atoms with van der Waals surface area (Å²) in [5.74, 6) is 0. The van der Waals surface area contributed by atoms with E-state index in [-0.39, 0.29) is 6.16 Å². The van der Waals surface area contributed by atoms with Gasteiger partial charge in [-0.25, -0.2) is 0 Å². The van der Waals surface area contributed by atoms with Crippen LogP contribution in [0.5, 0.6) is 0 Å². The second kappa shape index (κ2) is 8.38. The first kappa shape index (κ1) is 14.1. The monoisotopic (exact) mass is 225 g/mol. The minimum absolute atomic E-state index is 0.0458. The van der Waals surface area contributed by atoms with Gasteiger partial charge in [-0.3, -0.25) is 4.57 Å². The van der Waals surface area contributed by atoms with Crippen molar-refractivity contribution in [1.29, 1.82) is 0 Å². The number of hydrogen-bond acceptors (Lipinski definition) is 3. The zero-order chi connectivity index (χ0) is 10.9. The molecule has 0 radical (unpaired) electrons. The molecule has 0 aliphatic heterocycles. The minimum Gasteiger partial charge on any atom is -0.380 e. The summed E-state index contributed by atoms with van der Waals surface area (Å²) in [6.07, 6.45) is 1.46. The van der Waals surface area contributed by atoms with Gasteiger partial charge in [0.25, 0.3) is 0 Å². The Balaban J connectivity index is 3.03. The Labute approximate surface area is 85.0 Å². The fourth-order valence-corrected chi connectivity index (χ4v) is 1.50. The molecule has 0 aromatic heterocycles. The van der Waals surface area contributed by atoms with E-state index in [1.807, 2.05) is 6.92 Å². The van der Waals surface area contributed by atoms with Gasteiger partial charge in [0.2, 0.25) is 0 Å². The van der Waals surface area contributed by atoms with Gasteiger partial charge < -0.3 is 19.8 Å². The summed E-state index contributed by atoms with van der Waals surface area (Å²) < 4.78 is 15.7. The van der Waals surface area contributed by atoms with Gasteiger partial charge in [-0.2, -0.15) is 0 Å².